The molecule has 0 aliphatic carbocycles. The zero-order valence-electron chi connectivity index (χ0n) is 4.58. The van der Waals surface area contributed by atoms with E-state index in [1.807, 2.05) is 13.8 Å². The first-order chi connectivity index (χ1) is 2.41. The molecular weight excluding hydrogens is 79.0 g/mol. The highest BCUT2D eigenvalue weighted by Gasteiger charge is 1.43. The second-order valence-corrected chi connectivity index (χ2v) is 1.73. The van der Waals surface area contributed by atoms with Gasteiger partial charge in [0, 0.05) is 13.3 Å². The molecular formula is C4H14P+. The van der Waals surface area contributed by atoms with Crippen LogP contribution in [0.1, 0.15) is 13.8 Å². The number of rotatable bonds is 0. The van der Waals surface area contributed by atoms with Gasteiger partial charge in [-0.1, -0.05) is 13.8 Å². The van der Waals surface area contributed by atoms with E-state index >= 15 is 0 Å². The van der Waals surface area contributed by atoms with Crippen LogP contribution >= 0.6 is 8.58 Å². The van der Waals surface area contributed by atoms with Gasteiger partial charge in [-0.3, -0.25) is 0 Å². The summed E-state index contributed by atoms with van der Waals surface area (Å²) in [6, 6.07) is 0. The lowest BCUT2D eigenvalue weighted by Gasteiger charge is -1.40. The quantitative estimate of drug-likeness (QED) is 0.400. The average molecular weight is 93.1 g/mol. The van der Waals surface area contributed by atoms with Gasteiger partial charge in [-0.25, -0.2) is 0 Å². The molecule has 0 radical (unpaired) electrons. The fourth-order valence-corrected chi connectivity index (χ4v) is 0. The highest BCUT2D eigenvalue weighted by Crippen LogP contribution is 1.84. The fraction of sp³-hybridized carbons (Fsp3) is 1.00. The first-order valence-corrected chi connectivity index (χ1v) is 4.46. The fourth-order valence-electron chi connectivity index (χ4n) is 0. The molecule has 0 atom stereocenters. The molecule has 0 saturated carbocycles. The Morgan fingerprint density at radius 1 is 1.00 bits per heavy atom. The van der Waals surface area contributed by atoms with Crippen LogP contribution in [0.25, 0.3) is 0 Å². The summed E-state index contributed by atoms with van der Waals surface area (Å²) in [6.07, 6.45) is 0. The molecule has 0 aromatic heterocycles. The Morgan fingerprint density at radius 2 is 1.00 bits per heavy atom. The molecule has 0 aliphatic heterocycles. The zero-order chi connectivity index (χ0) is 4.71. The maximum Gasteiger partial charge on any atom is 0.0441 e. The van der Waals surface area contributed by atoms with Crippen molar-refractivity contribution in [1.29, 1.82) is 0 Å². The molecule has 0 rings (SSSR count). The summed E-state index contributed by atoms with van der Waals surface area (Å²) in [4.78, 5) is 0. The van der Waals surface area contributed by atoms with Crippen LogP contribution in [0.4, 0.5) is 0 Å². The Kier molecular flexibility index (Phi) is 46.2. The van der Waals surface area contributed by atoms with E-state index in [0.717, 1.165) is 8.58 Å². The standard InChI is InChI=1S/C2H7P.C2H6/c1-3-2;1-2/h3H,1-2H3;1-2H3/p+1. The van der Waals surface area contributed by atoms with Crippen LogP contribution in [0, 0.1) is 0 Å². The lowest BCUT2D eigenvalue weighted by molar-refractivity contribution is 1.50. The van der Waals surface area contributed by atoms with Crippen LogP contribution in [0.5, 0.6) is 0 Å². The van der Waals surface area contributed by atoms with Gasteiger partial charge in [-0.05, 0) is 8.58 Å². The molecule has 0 aromatic rings. The molecule has 0 aromatic carbocycles. The summed E-state index contributed by atoms with van der Waals surface area (Å²) < 4.78 is 0. The van der Waals surface area contributed by atoms with Gasteiger partial charge < -0.3 is 0 Å². The van der Waals surface area contributed by atoms with Crippen molar-refractivity contribution in [2.45, 2.75) is 13.8 Å². The highest BCUT2D eigenvalue weighted by molar-refractivity contribution is 7.35. The minimum atomic E-state index is 0.750. The van der Waals surface area contributed by atoms with E-state index in [2.05, 4.69) is 13.3 Å². The molecule has 0 spiro atoms. The van der Waals surface area contributed by atoms with Gasteiger partial charge in [0.2, 0.25) is 0 Å². The topological polar surface area (TPSA) is 0 Å². The van der Waals surface area contributed by atoms with Crippen LogP contribution in [0.15, 0.2) is 0 Å². The summed E-state index contributed by atoms with van der Waals surface area (Å²) in [5.74, 6) is 0. The third-order valence-corrected chi connectivity index (χ3v) is 0. The van der Waals surface area contributed by atoms with Crippen LogP contribution in [-0.4, -0.2) is 13.3 Å². The third-order valence-electron chi connectivity index (χ3n) is 0. The van der Waals surface area contributed by atoms with E-state index < -0.39 is 0 Å². The molecule has 0 fully saturated rings. The maximum absolute atomic E-state index is 2.21. The Balaban J connectivity index is 0. The zero-order valence-corrected chi connectivity index (χ0v) is 5.73. The summed E-state index contributed by atoms with van der Waals surface area (Å²) in [5, 5.41) is 0. The number of hydrogen-bond donors (Lipinski definition) is 0. The minimum absolute atomic E-state index is 0.750. The predicted molar refractivity (Wildman–Crippen MR) is 32.9 cm³/mol. The van der Waals surface area contributed by atoms with E-state index in [1.165, 1.54) is 0 Å². The van der Waals surface area contributed by atoms with Gasteiger partial charge in [-0.15, -0.1) is 0 Å². The van der Waals surface area contributed by atoms with Crippen molar-refractivity contribution < 1.29 is 0 Å². The summed E-state index contributed by atoms with van der Waals surface area (Å²) in [6.45, 7) is 8.42. The largest absolute Gasteiger partial charge is 0.0683 e. The molecule has 34 valence electrons. The van der Waals surface area contributed by atoms with Gasteiger partial charge in [-0.2, -0.15) is 0 Å². The van der Waals surface area contributed by atoms with Crippen molar-refractivity contribution in [2.75, 3.05) is 13.3 Å². The van der Waals surface area contributed by atoms with Crippen molar-refractivity contribution in [3.8, 4) is 0 Å². The Labute approximate surface area is 36.8 Å². The van der Waals surface area contributed by atoms with E-state index in [1.54, 1.807) is 0 Å². The van der Waals surface area contributed by atoms with Gasteiger partial charge >= 0.3 is 0 Å². The van der Waals surface area contributed by atoms with Crippen LogP contribution in [-0.2, 0) is 0 Å². The molecule has 0 bridgehead atoms. The highest BCUT2D eigenvalue weighted by atomic mass is 31.1. The summed E-state index contributed by atoms with van der Waals surface area (Å²) >= 11 is 0. The van der Waals surface area contributed by atoms with Crippen molar-refractivity contribution in [3.05, 3.63) is 0 Å². The molecule has 5 heavy (non-hydrogen) atoms. The molecule has 0 unspecified atom stereocenters. The van der Waals surface area contributed by atoms with Gasteiger partial charge in [0.15, 0.2) is 0 Å². The lowest BCUT2D eigenvalue weighted by Crippen LogP contribution is -1.18. The second-order valence-electron chi connectivity index (χ2n) is 0.577. The van der Waals surface area contributed by atoms with Crippen LogP contribution < -0.4 is 0 Å². The van der Waals surface area contributed by atoms with Crippen LogP contribution in [0.3, 0.4) is 0 Å². The van der Waals surface area contributed by atoms with E-state index in [0.29, 0.717) is 0 Å². The van der Waals surface area contributed by atoms with E-state index in [-0.39, 0.29) is 0 Å². The van der Waals surface area contributed by atoms with Gasteiger partial charge in [0.05, 0.1) is 0 Å². The van der Waals surface area contributed by atoms with Crippen molar-refractivity contribution in [3.63, 3.8) is 0 Å². The van der Waals surface area contributed by atoms with Gasteiger partial charge in [0.25, 0.3) is 0 Å². The average Bonchev–Trinajstić information content (AvgIpc) is 1.46. The molecule has 0 heterocycles. The molecule has 0 saturated heterocycles. The molecule has 1 heteroatoms. The van der Waals surface area contributed by atoms with Crippen molar-refractivity contribution >= 4 is 8.58 Å². The van der Waals surface area contributed by atoms with E-state index in [9.17, 15) is 0 Å². The Morgan fingerprint density at radius 3 is 1.00 bits per heavy atom. The normalized spacial score (nSPS) is 4.80. The monoisotopic (exact) mass is 93.1 g/mol. The minimum Gasteiger partial charge on any atom is -0.0683 e. The number of hydrogen-bond acceptors (Lipinski definition) is 0. The third kappa shape index (κ3) is 141. The molecule has 0 amide bonds. The van der Waals surface area contributed by atoms with Gasteiger partial charge in [0.1, 0.15) is 0 Å². The van der Waals surface area contributed by atoms with Crippen molar-refractivity contribution in [2.24, 2.45) is 0 Å². The SMILES string of the molecule is CC.C[PH2+]C. The van der Waals surface area contributed by atoms with Crippen LogP contribution in [0.2, 0.25) is 0 Å². The Hall–Kier alpha value is 0.430. The first-order valence-electron chi connectivity index (χ1n) is 2.15. The Bertz CT molecular complexity index is 3.61. The second kappa shape index (κ2) is 25.5. The van der Waals surface area contributed by atoms with E-state index in [4.69, 9.17) is 0 Å². The summed E-state index contributed by atoms with van der Waals surface area (Å²) in [5.41, 5.74) is 0. The predicted octanol–water partition coefficient (Wildman–Crippen LogP) is 1.68. The molecule has 0 aliphatic rings. The molecule has 0 N–H and O–H groups in total. The smallest absolute Gasteiger partial charge is 0.0441 e. The maximum atomic E-state index is 2.21. The first kappa shape index (κ1) is 9.06. The summed E-state index contributed by atoms with van der Waals surface area (Å²) in [7, 11) is 0.750. The van der Waals surface area contributed by atoms with Crippen molar-refractivity contribution in [1.82, 2.24) is 0 Å². The lowest BCUT2D eigenvalue weighted by atomic mass is 11.0. The molecule has 0 nitrogen and oxygen atoms in total.